The molecule has 1 unspecified atom stereocenters. The molecule has 2 aromatic rings. The van der Waals surface area contributed by atoms with Gasteiger partial charge in [-0.15, -0.1) is 5.10 Å². The number of rotatable bonds is 4. The normalized spacial score (nSPS) is 23.4. The van der Waals surface area contributed by atoms with Crippen LogP contribution < -0.4 is 15.8 Å². The fourth-order valence-corrected chi connectivity index (χ4v) is 4.59. The number of hydrogen-bond acceptors (Lipinski definition) is 5. The van der Waals surface area contributed by atoms with Crippen LogP contribution in [0.3, 0.4) is 0 Å². The molecule has 0 radical (unpaired) electrons. The standard InChI is InChI=1S/C20H24FN5O3/c1-3-6-20(7-4-5-15-23-18(17(22)27)25-26(15)20)12-10-29-14-9-11(2)8-13(21)16(14)24-19(12)28/h8-9,12H,3-7,10H2,1-2H3,(H2,22,27)(H,24,28)/t12-,20?/m0/s1. The number of hydrogen-bond donors (Lipinski definition) is 2. The van der Waals surface area contributed by atoms with Crippen molar-refractivity contribution < 1.29 is 18.7 Å². The van der Waals surface area contributed by atoms with Gasteiger partial charge in [-0.1, -0.05) is 13.3 Å². The molecular weight excluding hydrogens is 377 g/mol. The topological polar surface area (TPSA) is 112 Å². The molecule has 2 atom stereocenters. The average Bonchev–Trinajstić information content (AvgIpc) is 3.03. The Morgan fingerprint density at radius 2 is 2.28 bits per heavy atom. The number of aromatic nitrogens is 3. The quantitative estimate of drug-likeness (QED) is 0.816. The van der Waals surface area contributed by atoms with E-state index < -0.39 is 23.2 Å². The van der Waals surface area contributed by atoms with Crippen molar-refractivity contribution in [3.8, 4) is 5.75 Å². The molecule has 29 heavy (non-hydrogen) atoms. The minimum Gasteiger partial charge on any atom is -0.490 e. The molecule has 154 valence electrons. The number of nitrogens with zero attached hydrogens (tertiary/aromatic N) is 3. The van der Waals surface area contributed by atoms with Gasteiger partial charge in [-0.25, -0.2) is 14.1 Å². The minimum atomic E-state index is -0.722. The Hall–Kier alpha value is -2.97. The summed E-state index contributed by atoms with van der Waals surface area (Å²) in [6, 6.07) is 3.07. The lowest BCUT2D eigenvalue weighted by Crippen LogP contribution is -2.51. The van der Waals surface area contributed by atoms with Crippen LogP contribution in [0.15, 0.2) is 12.1 Å². The third kappa shape index (κ3) is 3.14. The summed E-state index contributed by atoms with van der Waals surface area (Å²) in [5.41, 5.74) is 5.43. The van der Waals surface area contributed by atoms with Crippen molar-refractivity contribution in [2.75, 3.05) is 11.9 Å². The number of nitrogens with one attached hydrogen (secondary N) is 1. The third-order valence-electron chi connectivity index (χ3n) is 5.83. The number of primary amides is 1. The van der Waals surface area contributed by atoms with Gasteiger partial charge in [0.2, 0.25) is 11.7 Å². The van der Waals surface area contributed by atoms with Crippen LogP contribution in [0.4, 0.5) is 10.1 Å². The van der Waals surface area contributed by atoms with Gasteiger partial charge >= 0.3 is 0 Å². The Morgan fingerprint density at radius 3 is 3.00 bits per heavy atom. The van der Waals surface area contributed by atoms with E-state index in [4.69, 9.17) is 10.5 Å². The van der Waals surface area contributed by atoms with Crippen molar-refractivity contribution in [2.24, 2.45) is 11.7 Å². The summed E-state index contributed by atoms with van der Waals surface area (Å²) in [6.45, 7) is 3.87. The van der Waals surface area contributed by atoms with E-state index in [1.54, 1.807) is 17.7 Å². The number of carbonyl (C=O) groups is 2. The third-order valence-corrected chi connectivity index (χ3v) is 5.83. The van der Waals surface area contributed by atoms with Crippen LogP contribution >= 0.6 is 0 Å². The molecule has 2 aliphatic rings. The number of benzene rings is 1. The number of nitrogens with two attached hydrogens (primary N) is 1. The first-order chi connectivity index (χ1) is 13.9. The molecule has 0 bridgehead atoms. The molecule has 1 aromatic heterocycles. The van der Waals surface area contributed by atoms with Crippen LogP contribution in [0.2, 0.25) is 0 Å². The molecule has 0 saturated heterocycles. The Kier molecular flexibility index (Phi) is 4.76. The zero-order valence-corrected chi connectivity index (χ0v) is 16.5. The Morgan fingerprint density at radius 1 is 1.48 bits per heavy atom. The summed E-state index contributed by atoms with van der Waals surface area (Å²) >= 11 is 0. The molecule has 0 fully saturated rings. The monoisotopic (exact) mass is 401 g/mol. The van der Waals surface area contributed by atoms with Gasteiger partial charge in [0.1, 0.15) is 23.9 Å². The van der Waals surface area contributed by atoms with Gasteiger partial charge in [-0.2, -0.15) is 0 Å². The number of carbonyl (C=O) groups excluding carboxylic acids is 2. The summed E-state index contributed by atoms with van der Waals surface area (Å²) in [5, 5.41) is 7.08. The maximum absolute atomic E-state index is 14.5. The van der Waals surface area contributed by atoms with Crippen molar-refractivity contribution in [1.29, 1.82) is 0 Å². The lowest BCUT2D eigenvalue weighted by Gasteiger charge is -2.42. The summed E-state index contributed by atoms with van der Waals surface area (Å²) < 4.78 is 22.1. The second-order valence-electron chi connectivity index (χ2n) is 7.81. The van der Waals surface area contributed by atoms with E-state index in [9.17, 15) is 14.0 Å². The molecule has 2 amide bonds. The zero-order valence-electron chi connectivity index (χ0n) is 16.5. The van der Waals surface area contributed by atoms with Crippen molar-refractivity contribution in [3.05, 3.63) is 35.2 Å². The van der Waals surface area contributed by atoms with Gasteiger partial charge in [0.15, 0.2) is 5.82 Å². The first-order valence-electron chi connectivity index (χ1n) is 9.85. The van der Waals surface area contributed by atoms with E-state index in [2.05, 4.69) is 15.4 Å². The summed E-state index contributed by atoms with van der Waals surface area (Å²) in [6.07, 6.45) is 3.54. The minimum absolute atomic E-state index is 0.0534. The van der Waals surface area contributed by atoms with Gasteiger partial charge in [-0.3, -0.25) is 9.59 Å². The van der Waals surface area contributed by atoms with E-state index in [0.29, 0.717) is 36.4 Å². The smallest absolute Gasteiger partial charge is 0.288 e. The van der Waals surface area contributed by atoms with Crippen molar-refractivity contribution in [3.63, 3.8) is 0 Å². The SMILES string of the molecule is CCCC1([C@H]2COc3cc(C)cc(F)c3NC2=O)CCCc2nc(C(N)=O)nn21. The number of anilines is 1. The molecule has 0 saturated carbocycles. The molecule has 3 heterocycles. The van der Waals surface area contributed by atoms with E-state index in [0.717, 1.165) is 12.8 Å². The number of aryl methyl sites for hydroxylation is 2. The van der Waals surface area contributed by atoms with Crippen molar-refractivity contribution in [1.82, 2.24) is 14.8 Å². The molecule has 4 rings (SSSR count). The summed E-state index contributed by atoms with van der Waals surface area (Å²) in [5.74, 6) is -1.29. The maximum atomic E-state index is 14.5. The first kappa shape index (κ1) is 19.4. The first-order valence-corrected chi connectivity index (χ1v) is 9.85. The predicted octanol–water partition coefficient (Wildman–Crippen LogP) is 2.30. The fourth-order valence-electron chi connectivity index (χ4n) is 4.59. The van der Waals surface area contributed by atoms with Gasteiger partial charge in [-0.05, 0) is 43.9 Å². The molecule has 1 aromatic carbocycles. The highest BCUT2D eigenvalue weighted by atomic mass is 19.1. The second kappa shape index (κ2) is 7.13. The van der Waals surface area contributed by atoms with E-state index in [1.165, 1.54) is 6.07 Å². The molecular formula is C20H24FN5O3. The molecule has 2 aliphatic heterocycles. The molecule has 0 spiro atoms. The van der Waals surface area contributed by atoms with Crippen LogP contribution in [0, 0.1) is 18.7 Å². The highest BCUT2D eigenvalue weighted by Gasteiger charge is 2.49. The molecule has 0 aliphatic carbocycles. The number of halogens is 1. The average molecular weight is 401 g/mol. The molecule has 8 nitrogen and oxygen atoms in total. The van der Waals surface area contributed by atoms with Crippen LogP contribution in [-0.2, 0) is 16.8 Å². The number of fused-ring (bicyclic) bond motifs is 2. The van der Waals surface area contributed by atoms with Crippen molar-refractivity contribution in [2.45, 2.75) is 51.5 Å². The highest BCUT2D eigenvalue weighted by molar-refractivity contribution is 5.95. The Bertz CT molecular complexity index is 989. The van der Waals surface area contributed by atoms with Gasteiger partial charge in [0, 0.05) is 6.42 Å². The summed E-state index contributed by atoms with van der Waals surface area (Å²) in [4.78, 5) is 29.2. The Labute approximate surface area is 167 Å². The van der Waals surface area contributed by atoms with Crippen LogP contribution in [0.1, 0.15) is 54.6 Å². The second-order valence-corrected chi connectivity index (χ2v) is 7.81. The van der Waals surface area contributed by atoms with Crippen LogP contribution in [-0.4, -0.2) is 33.2 Å². The summed E-state index contributed by atoms with van der Waals surface area (Å²) in [7, 11) is 0. The van der Waals surface area contributed by atoms with Crippen LogP contribution in [0.25, 0.3) is 0 Å². The number of amides is 2. The largest absolute Gasteiger partial charge is 0.490 e. The zero-order chi connectivity index (χ0) is 20.8. The van der Waals surface area contributed by atoms with E-state index in [1.807, 2.05) is 6.92 Å². The maximum Gasteiger partial charge on any atom is 0.288 e. The molecule has 3 N–H and O–H groups in total. The van der Waals surface area contributed by atoms with Crippen molar-refractivity contribution >= 4 is 17.5 Å². The lowest BCUT2D eigenvalue weighted by molar-refractivity contribution is -0.126. The fraction of sp³-hybridized carbons (Fsp3) is 0.500. The van der Waals surface area contributed by atoms with Crippen LogP contribution in [0.5, 0.6) is 5.75 Å². The van der Waals surface area contributed by atoms with Gasteiger partial charge < -0.3 is 15.8 Å². The van der Waals surface area contributed by atoms with E-state index in [-0.39, 0.29) is 24.0 Å². The lowest BCUT2D eigenvalue weighted by atomic mass is 9.74. The van der Waals surface area contributed by atoms with Gasteiger partial charge in [0.05, 0.1) is 11.5 Å². The predicted molar refractivity (Wildman–Crippen MR) is 103 cm³/mol. The number of ether oxygens (including phenoxy) is 1. The molecule has 9 heteroatoms. The van der Waals surface area contributed by atoms with E-state index >= 15 is 0 Å². The Balaban J connectivity index is 1.78. The highest BCUT2D eigenvalue weighted by Crippen LogP contribution is 2.43. The van der Waals surface area contributed by atoms with Gasteiger partial charge in [0.25, 0.3) is 5.91 Å².